The summed E-state index contributed by atoms with van der Waals surface area (Å²) >= 11 is 0. The second kappa shape index (κ2) is 6.73. The first kappa shape index (κ1) is 14.8. The van der Waals surface area contributed by atoms with Crippen molar-refractivity contribution >= 4 is 11.7 Å². The van der Waals surface area contributed by atoms with Gasteiger partial charge in [0.05, 0.1) is 0 Å². The Morgan fingerprint density at radius 2 is 2.05 bits per heavy atom. The van der Waals surface area contributed by atoms with Gasteiger partial charge in [-0.2, -0.15) is 0 Å². The quantitative estimate of drug-likeness (QED) is 0.917. The van der Waals surface area contributed by atoms with E-state index < -0.39 is 0 Å². The maximum absolute atomic E-state index is 12.7. The standard InChI is InChI=1S/C16H25N3O/c1-4-11-17-15-10-6-9-14(18-15)16(20)19-12(2)7-5-8-13(19)3/h6,9-10,12-13H,4-5,7-8,11H2,1-3H3,(H,17,18)/t12-,13+. The van der Waals surface area contributed by atoms with Crippen molar-refractivity contribution in [3.63, 3.8) is 0 Å². The topological polar surface area (TPSA) is 45.2 Å². The molecule has 0 aromatic carbocycles. The Morgan fingerprint density at radius 1 is 1.35 bits per heavy atom. The number of hydrogen-bond donors (Lipinski definition) is 1. The number of amides is 1. The Labute approximate surface area is 121 Å². The molecular weight excluding hydrogens is 250 g/mol. The van der Waals surface area contributed by atoms with Crippen LogP contribution in [0.3, 0.4) is 0 Å². The fourth-order valence-electron chi connectivity index (χ4n) is 2.86. The van der Waals surface area contributed by atoms with Gasteiger partial charge in [0.15, 0.2) is 0 Å². The maximum Gasteiger partial charge on any atom is 0.273 e. The molecule has 2 heterocycles. The number of aromatic nitrogens is 1. The minimum Gasteiger partial charge on any atom is -0.370 e. The molecule has 1 aliphatic heterocycles. The number of hydrogen-bond acceptors (Lipinski definition) is 3. The fraction of sp³-hybridized carbons (Fsp3) is 0.625. The molecule has 1 aromatic heterocycles. The minimum atomic E-state index is 0.0600. The van der Waals surface area contributed by atoms with Crippen LogP contribution in [-0.4, -0.2) is 34.4 Å². The van der Waals surface area contributed by atoms with E-state index in [-0.39, 0.29) is 5.91 Å². The number of pyridine rings is 1. The zero-order chi connectivity index (χ0) is 14.5. The molecule has 0 bridgehead atoms. The third-order valence-electron chi connectivity index (χ3n) is 3.95. The van der Waals surface area contributed by atoms with Gasteiger partial charge in [-0.05, 0) is 51.7 Å². The van der Waals surface area contributed by atoms with E-state index in [9.17, 15) is 4.79 Å². The SMILES string of the molecule is CCCNc1cccc(C(=O)N2[C@H](C)CCC[C@@H]2C)n1. The van der Waals surface area contributed by atoms with Gasteiger partial charge in [-0.1, -0.05) is 13.0 Å². The number of anilines is 1. The Kier molecular flexibility index (Phi) is 4.99. The smallest absolute Gasteiger partial charge is 0.273 e. The first-order valence-corrected chi connectivity index (χ1v) is 7.67. The predicted molar refractivity (Wildman–Crippen MR) is 82.0 cm³/mol. The van der Waals surface area contributed by atoms with Crippen LogP contribution in [0.15, 0.2) is 18.2 Å². The summed E-state index contributed by atoms with van der Waals surface area (Å²) in [5.74, 6) is 0.847. The van der Waals surface area contributed by atoms with Gasteiger partial charge in [-0.3, -0.25) is 4.79 Å². The van der Waals surface area contributed by atoms with Gasteiger partial charge in [0, 0.05) is 18.6 Å². The highest BCUT2D eigenvalue weighted by atomic mass is 16.2. The van der Waals surface area contributed by atoms with Crippen LogP contribution in [0.5, 0.6) is 0 Å². The van der Waals surface area contributed by atoms with Crippen molar-refractivity contribution in [1.82, 2.24) is 9.88 Å². The Bertz CT molecular complexity index is 451. The molecule has 4 heteroatoms. The molecule has 0 unspecified atom stereocenters. The molecule has 0 radical (unpaired) electrons. The van der Waals surface area contributed by atoms with Gasteiger partial charge in [-0.15, -0.1) is 0 Å². The number of carbonyl (C=O) groups excluding carboxylic acids is 1. The van der Waals surface area contributed by atoms with Crippen LogP contribution in [0, 0.1) is 0 Å². The summed E-state index contributed by atoms with van der Waals surface area (Å²) in [6, 6.07) is 6.24. The lowest BCUT2D eigenvalue weighted by molar-refractivity contribution is 0.0505. The summed E-state index contributed by atoms with van der Waals surface area (Å²) in [7, 11) is 0. The molecule has 1 saturated heterocycles. The normalized spacial score (nSPS) is 22.6. The fourth-order valence-corrected chi connectivity index (χ4v) is 2.86. The zero-order valence-electron chi connectivity index (χ0n) is 12.7. The molecule has 20 heavy (non-hydrogen) atoms. The van der Waals surface area contributed by atoms with E-state index in [4.69, 9.17) is 0 Å². The van der Waals surface area contributed by atoms with Crippen molar-refractivity contribution in [2.75, 3.05) is 11.9 Å². The van der Waals surface area contributed by atoms with Crippen LogP contribution in [0.2, 0.25) is 0 Å². The molecule has 1 aromatic rings. The van der Waals surface area contributed by atoms with Gasteiger partial charge in [0.2, 0.25) is 0 Å². The average Bonchev–Trinajstić information content (AvgIpc) is 2.45. The minimum absolute atomic E-state index is 0.0600. The number of likely N-dealkylation sites (tertiary alicyclic amines) is 1. The highest BCUT2D eigenvalue weighted by Gasteiger charge is 2.30. The summed E-state index contributed by atoms with van der Waals surface area (Å²) in [6.07, 6.45) is 4.42. The average molecular weight is 275 g/mol. The summed E-state index contributed by atoms with van der Waals surface area (Å²) in [6.45, 7) is 7.25. The lowest BCUT2D eigenvalue weighted by Gasteiger charge is -2.38. The van der Waals surface area contributed by atoms with Crippen molar-refractivity contribution in [1.29, 1.82) is 0 Å². The van der Waals surface area contributed by atoms with E-state index in [0.717, 1.165) is 31.6 Å². The van der Waals surface area contributed by atoms with Crippen LogP contribution in [0.1, 0.15) is 56.9 Å². The van der Waals surface area contributed by atoms with Crippen molar-refractivity contribution < 1.29 is 4.79 Å². The molecule has 1 fully saturated rings. The summed E-state index contributed by atoms with van der Waals surface area (Å²) in [4.78, 5) is 19.1. The van der Waals surface area contributed by atoms with Crippen molar-refractivity contribution in [3.8, 4) is 0 Å². The zero-order valence-corrected chi connectivity index (χ0v) is 12.7. The van der Waals surface area contributed by atoms with Crippen LogP contribution < -0.4 is 5.32 Å². The van der Waals surface area contributed by atoms with Gasteiger partial charge in [0.25, 0.3) is 5.91 Å². The molecule has 0 saturated carbocycles. The molecule has 1 amide bonds. The molecule has 0 aliphatic carbocycles. The second-order valence-electron chi connectivity index (χ2n) is 5.68. The van der Waals surface area contributed by atoms with E-state index in [1.807, 2.05) is 23.1 Å². The van der Waals surface area contributed by atoms with Gasteiger partial charge in [0.1, 0.15) is 11.5 Å². The van der Waals surface area contributed by atoms with E-state index in [1.165, 1.54) is 6.42 Å². The molecule has 2 rings (SSSR count). The molecule has 1 aliphatic rings. The molecular formula is C16H25N3O. The number of piperidine rings is 1. The molecule has 0 spiro atoms. The van der Waals surface area contributed by atoms with Gasteiger partial charge < -0.3 is 10.2 Å². The largest absolute Gasteiger partial charge is 0.370 e. The first-order valence-electron chi connectivity index (χ1n) is 7.67. The highest BCUT2D eigenvalue weighted by molar-refractivity contribution is 5.93. The van der Waals surface area contributed by atoms with Crippen molar-refractivity contribution in [2.45, 2.75) is 58.5 Å². The van der Waals surface area contributed by atoms with Crippen LogP contribution in [0.4, 0.5) is 5.82 Å². The van der Waals surface area contributed by atoms with Gasteiger partial charge in [-0.25, -0.2) is 4.98 Å². The summed E-state index contributed by atoms with van der Waals surface area (Å²) in [5, 5.41) is 3.23. The third-order valence-corrected chi connectivity index (χ3v) is 3.95. The second-order valence-corrected chi connectivity index (χ2v) is 5.68. The van der Waals surface area contributed by atoms with Crippen molar-refractivity contribution in [2.24, 2.45) is 0 Å². The Morgan fingerprint density at radius 3 is 2.70 bits per heavy atom. The van der Waals surface area contributed by atoms with E-state index in [2.05, 4.69) is 31.1 Å². The van der Waals surface area contributed by atoms with E-state index in [0.29, 0.717) is 17.8 Å². The molecule has 1 N–H and O–H groups in total. The van der Waals surface area contributed by atoms with Crippen molar-refractivity contribution in [3.05, 3.63) is 23.9 Å². The Hall–Kier alpha value is -1.58. The number of nitrogens with one attached hydrogen (secondary N) is 1. The lowest BCUT2D eigenvalue weighted by Crippen LogP contribution is -2.47. The maximum atomic E-state index is 12.7. The van der Waals surface area contributed by atoms with E-state index in [1.54, 1.807) is 0 Å². The first-order chi connectivity index (χ1) is 9.63. The molecule has 2 atom stereocenters. The number of carbonyl (C=O) groups is 1. The summed E-state index contributed by atoms with van der Waals surface area (Å²) in [5.41, 5.74) is 0.548. The third kappa shape index (κ3) is 3.30. The molecule has 110 valence electrons. The highest BCUT2D eigenvalue weighted by Crippen LogP contribution is 2.24. The predicted octanol–water partition coefficient (Wildman–Crippen LogP) is 3.31. The lowest BCUT2D eigenvalue weighted by atomic mass is 9.97. The monoisotopic (exact) mass is 275 g/mol. The summed E-state index contributed by atoms with van der Waals surface area (Å²) < 4.78 is 0. The van der Waals surface area contributed by atoms with Crippen LogP contribution in [-0.2, 0) is 0 Å². The van der Waals surface area contributed by atoms with Crippen LogP contribution in [0.25, 0.3) is 0 Å². The Balaban J connectivity index is 2.15. The number of nitrogens with zero attached hydrogens (tertiary/aromatic N) is 2. The van der Waals surface area contributed by atoms with E-state index >= 15 is 0 Å². The van der Waals surface area contributed by atoms with Gasteiger partial charge >= 0.3 is 0 Å². The number of rotatable bonds is 4. The van der Waals surface area contributed by atoms with Crippen LogP contribution >= 0.6 is 0 Å². The molecule has 4 nitrogen and oxygen atoms in total.